The summed E-state index contributed by atoms with van der Waals surface area (Å²) in [6, 6.07) is 6.25. The van der Waals surface area contributed by atoms with Gasteiger partial charge < -0.3 is 9.84 Å². The summed E-state index contributed by atoms with van der Waals surface area (Å²) in [7, 11) is 0. The van der Waals surface area contributed by atoms with Gasteiger partial charge in [-0.15, -0.1) is 11.3 Å². The van der Waals surface area contributed by atoms with E-state index in [0.29, 0.717) is 26.1 Å². The molecular weight excluding hydrogens is 234 g/mol. The fraction of sp³-hybridized carbons (Fsp3) is 0.615. The van der Waals surface area contributed by atoms with Crippen molar-refractivity contribution in [1.82, 2.24) is 0 Å². The van der Waals surface area contributed by atoms with Crippen molar-refractivity contribution in [3.63, 3.8) is 0 Å². The first-order chi connectivity index (χ1) is 8.02. The number of nitrogens with zero attached hydrogens (tertiary/aromatic N) is 1. The number of hydrogen-bond acceptors (Lipinski definition) is 4. The van der Waals surface area contributed by atoms with Crippen molar-refractivity contribution in [2.24, 2.45) is 5.41 Å². The Labute approximate surface area is 106 Å². The molecular formula is C13H17NO2S. The number of aryl methyl sites for hydroxylation is 1. The lowest BCUT2D eigenvalue weighted by Crippen LogP contribution is -2.45. The molecule has 0 amide bonds. The molecule has 1 fully saturated rings. The van der Waals surface area contributed by atoms with Crippen LogP contribution in [0.15, 0.2) is 12.1 Å². The molecule has 3 nitrogen and oxygen atoms in total. The van der Waals surface area contributed by atoms with Crippen molar-refractivity contribution in [3.05, 3.63) is 21.9 Å². The van der Waals surface area contributed by atoms with Gasteiger partial charge in [-0.05, 0) is 38.8 Å². The van der Waals surface area contributed by atoms with Crippen LogP contribution in [0.3, 0.4) is 0 Å². The number of nitriles is 1. The minimum Gasteiger partial charge on any atom is -0.383 e. The maximum atomic E-state index is 10.8. The molecule has 1 saturated heterocycles. The van der Waals surface area contributed by atoms with E-state index < -0.39 is 11.0 Å². The van der Waals surface area contributed by atoms with Gasteiger partial charge >= 0.3 is 0 Å². The van der Waals surface area contributed by atoms with Gasteiger partial charge in [0.25, 0.3) is 0 Å². The molecule has 0 aromatic carbocycles. The van der Waals surface area contributed by atoms with Crippen LogP contribution in [0.4, 0.5) is 0 Å². The normalized spacial score (nSPS) is 22.7. The number of aliphatic hydroxyl groups is 1. The van der Waals surface area contributed by atoms with Gasteiger partial charge in [0, 0.05) is 23.0 Å². The van der Waals surface area contributed by atoms with Crippen molar-refractivity contribution in [2.45, 2.75) is 32.3 Å². The van der Waals surface area contributed by atoms with E-state index >= 15 is 0 Å². The van der Waals surface area contributed by atoms with E-state index in [0.717, 1.165) is 9.75 Å². The lowest BCUT2D eigenvalue weighted by molar-refractivity contribution is -0.0953. The van der Waals surface area contributed by atoms with Gasteiger partial charge in [0.2, 0.25) is 0 Å². The van der Waals surface area contributed by atoms with E-state index in [1.807, 2.05) is 19.1 Å². The molecule has 92 valence electrons. The quantitative estimate of drug-likeness (QED) is 0.879. The van der Waals surface area contributed by atoms with Crippen LogP contribution < -0.4 is 0 Å². The summed E-state index contributed by atoms with van der Waals surface area (Å²) in [5, 5.41) is 20.3. The molecule has 0 radical (unpaired) electrons. The van der Waals surface area contributed by atoms with E-state index in [4.69, 9.17) is 4.74 Å². The first kappa shape index (κ1) is 12.6. The molecule has 0 bridgehead atoms. The number of ether oxygens (including phenoxy) is 1. The lowest BCUT2D eigenvalue weighted by Gasteiger charge is -2.42. The zero-order chi connectivity index (χ0) is 12.5. The highest BCUT2D eigenvalue weighted by Crippen LogP contribution is 2.48. The highest BCUT2D eigenvalue weighted by molar-refractivity contribution is 7.12. The van der Waals surface area contributed by atoms with E-state index in [9.17, 15) is 10.4 Å². The monoisotopic (exact) mass is 251 g/mol. The molecule has 2 rings (SSSR count). The van der Waals surface area contributed by atoms with Gasteiger partial charge in [0.15, 0.2) is 0 Å². The number of hydrogen-bond donors (Lipinski definition) is 1. The lowest BCUT2D eigenvalue weighted by atomic mass is 9.68. The van der Waals surface area contributed by atoms with E-state index in [1.165, 1.54) is 0 Å². The SMILES string of the molecule is Cc1ccc(C(C)(O)C2(C#N)CCOCC2)s1. The average molecular weight is 251 g/mol. The third-order valence-corrected chi connectivity index (χ3v) is 4.92. The summed E-state index contributed by atoms with van der Waals surface area (Å²) in [6.07, 6.45) is 1.18. The standard InChI is InChI=1S/C13H17NO2S/c1-10-3-4-11(17-10)12(2,15)13(9-14)5-7-16-8-6-13/h3-4,15H,5-8H2,1-2H3. The molecule has 1 aliphatic rings. The summed E-state index contributed by atoms with van der Waals surface area (Å²) >= 11 is 1.56. The van der Waals surface area contributed by atoms with Crippen molar-refractivity contribution < 1.29 is 9.84 Å². The minimum absolute atomic E-state index is 0.550. The molecule has 1 N–H and O–H groups in total. The third-order valence-electron chi connectivity index (χ3n) is 3.71. The minimum atomic E-state index is -1.09. The summed E-state index contributed by atoms with van der Waals surface area (Å²) in [5.74, 6) is 0. The topological polar surface area (TPSA) is 53.2 Å². The van der Waals surface area contributed by atoms with Crippen molar-refractivity contribution in [1.29, 1.82) is 5.26 Å². The summed E-state index contributed by atoms with van der Waals surface area (Å²) in [4.78, 5) is 2.03. The van der Waals surface area contributed by atoms with Gasteiger partial charge in [-0.2, -0.15) is 5.26 Å². The summed E-state index contributed by atoms with van der Waals surface area (Å²) < 4.78 is 5.30. The van der Waals surface area contributed by atoms with Gasteiger partial charge in [-0.3, -0.25) is 0 Å². The van der Waals surface area contributed by atoms with Crippen LogP contribution in [-0.4, -0.2) is 18.3 Å². The first-order valence-electron chi connectivity index (χ1n) is 5.80. The molecule has 4 heteroatoms. The molecule has 1 aromatic heterocycles. The number of thiophene rings is 1. The smallest absolute Gasteiger partial charge is 0.115 e. The van der Waals surface area contributed by atoms with Crippen LogP contribution in [0.1, 0.15) is 29.5 Å². The highest BCUT2D eigenvalue weighted by Gasteiger charge is 2.50. The van der Waals surface area contributed by atoms with Crippen LogP contribution in [0.5, 0.6) is 0 Å². The molecule has 1 aliphatic heterocycles. The molecule has 1 unspecified atom stereocenters. The van der Waals surface area contributed by atoms with Crippen LogP contribution in [-0.2, 0) is 10.3 Å². The van der Waals surface area contributed by atoms with Crippen LogP contribution in [0.2, 0.25) is 0 Å². The Morgan fingerprint density at radius 3 is 2.59 bits per heavy atom. The number of rotatable bonds is 2. The van der Waals surface area contributed by atoms with E-state index in [-0.39, 0.29) is 0 Å². The Morgan fingerprint density at radius 2 is 2.12 bits per heavy atom. The van der Waals surface area contributed by atoms with Gasteiger partial charge in [0.1, 0.15) is 5.60 Å². The van der Waals surface area contributed by atoms with Crippen LogP contribution in [0.25, 0.3) is 0 Å². The summed E-state index contributed by atoms with van der Waals surface area (Å²) in [6.45, 7) is 4.86. The van der Waals surface area contributed by atoms with Gasteiger partial charge in [-0.25, -0.2) is 0 Å². The molecule has 0 aliphatic carbocycles. The Balaban J connectivity index is 2.38. The Kier molecular flexibility index (Phi) is 3.26. The average Bonchev–Trinajstić information content (AvgIpc) is 2.77. The second-order valence-electron chi connectivity index (χ2n) is 4.79. The van der Waals surface area contributed by atoms with Crippen molar-refractivity contribution in [2.75, 3.05) is 13.2 Å². The molecule has 0 spiro atoms. The Morgan fingerprint density at radius 1 is 1.47 bits per heavy atom. The van der Waals surface area contributed by atoms with Crippen LogP contribution >= 0.6 is 11.3 Å². The molecule has 0 saturated carbocycles. The van der Waals surface area contributed by atoms with Crippen molar-refractivity contribution >= 4 is 11.3 Å². The van der Waals surface area contributed by atoms with E-state index in [1.54, 1.807) is 18.3 Å². The second-order valence-corrected chi connectivity index (χ2v) is 6.08. The fourth-order valence-electron chi connectivity index (χ4n) is 2.36. The largest absolute Gasteiger partial charge is 0.383 e. The zero-order valence-corrected chi connectivity index (χ0v) is 11.0. The first-order valence-corrected chi connectivity index (χ1v) is 6.62. The maximum absolute atomic E-state index is 10.8. The zero-order valence-electron chi connectivity index (χ0n) is 10.2. The Hall–Kier alpha value is -0.890. The third kappa shape index (κ3) is 1.99. The van der Waals surface area contributed by atoms with Gasteiger partial charge in [-0.1, -0.05) is 0 Å². The maximum Gasteiger partial charge on any atom is 0.115 e. The predicted octanol–water partition coefficient (Wildman–Crippen LogP) is 2.58. The van der Waals surface area contributed by atoms with Crippen molar-refractivity contribution in [3.8, 4) is 6.07 Å². The molecule has 2 heterocycles. The fourth-order valence-corrected chi connectivity index (χ4v) is 3.37. The Bertz CT molecular complexity index is 439. The van der Waals surface area contributed by atoms with E-state index in [2.05, 4.69) is 6.07 Å². The highest BCUT2D eigenvalue weighted by atomic mass is 32.1. The molecule has 17 heavy (non-hydrogen) atoms. The van der Waals surface area contributed by atoms with Crippen LogP contribution in [0, 0.1) is 23.7 Å². The van der Waals surface area contributed by atoms with Gasteiger partial charge in [0.05, 0.1) is 11.5 Å². The summed E-state index contributed by atoms with van der Waals surface area (Å²) in [5.41, 5.74) is -1.81. The molecule has 1 atom stereocenters. The molecule has 1 aromatic rings. The second kappa shape index (κ2) is 4.41. The predicted molar refractivity (Wildman–Crippen MR) is 66.7 cm³/mol.